The van der Waals surface area contributed by atoms with Crippen LogP contribution in [0.4, 0.5) is 0 Å². The van der Waals surface area contributed by atoms with Crippen LogP contribution in [0.25, 0.3) is 5.53 Å². The van der Waals surface area contributed by atoms with Gasteiger partial charge in [-0.3, -0.25) is 4.79 Å². The quantitative estimate of drug-likeness (QED) is 0.242. The highest BCUT2D eigenvalue weighted by Gasteiger charge is 2.44. The van der Waals surface area contributed by atoms with Crippen LogP contribution >= 0.6 is 0 Å². The number of sulfone groups is 1. The minimum Gasteiger partial charge on any atom is -0.492 e. The first-order valence-corrected chi connectivity index (χ1v) is 9.79. The lowest BCUT2D eigenvalue weighted by molar-refractivity contribution is -0.123. The first-order valence-electron chi connectivity index (χ1n) is 8.31. The van der Waals surface area contributed by atoms with Gasteiger partial charge in [0.1, 0.15) is 10.6 Å². The topological polar surface area (TPSA) is 96.8 Å². The van der Waals surface area contributed by atoms with E-state index in [9.17, 15) is 18.7 Å². The van der Waals surface area contributed by atoms with Crippen LogP contribution in [-0.2, 0) is 14.6 Å². The van der Waals surface area contributed by atoms with Crippen molar-refractivity contribution in [3.8, 4) is 5.75 Å². The lowest BCUT2D eigenvalue weighted by Gasteiger charge is -2.15. The van der Waals surface area contributed by atoms with Crippen molar-refractivity contribution >= 4 is 20.7 Å². The fraction of sp³-hybridized carbons (Fsp3) is 0.556. The zero-order valence-corrected chi connectivity index (χ0v) is 16.3. The Morgan fingerprint density at radius 1 is 1.24 bits per heavy atom. The Morgan fingerprint density at radius 3 is 2.40 bits per heavy atom. The Hall–Kier alpha value is -1.98. The van der Waals surface area contributed by atoms with Gasteiger partial charge < -0.3 is 10.3 Å². The molecule has 6 nitrogen and oxygen atoms in total. The number of rotatable bonds is 7. The maximum Gasteiger partial charge on any atom is 0.452 e. The Balaban J connectivity index is 3.34. The lowest BCUT2D eigenvalue weighted by atomic mass is 9.91. The SMILES string of the molecule is CCCCCOc1ccc(C)cc1S(=O)(=O)C(=[N+]=[N-])C(=O)C(C)(C)C. The van der Waals surface area contributed by atoms with E-state index in [4.69, 9.17) is 4.74 Å². The van der Waals surface area contributed by atoms with E-state index < -0.39 is 26.1 Å². The molecule has 0 saturated carbocycles. The summed E-state index contributed by atoms with van der Waals surface area (Å²) >= 11 is 0. The zero-order valence-electron chi connectivity index (χ0n) is 15.5. The number of Topliss-reactive ketones (excluding diaryl/α,β-unsaturated/α-hetero) is 1. The summed E-state index contributed by atoms with van der Waals surface area (Å²) in [5, 5.41) is -0.871. The van der Waals surface area contributed by atoms with E-state index in [-0.39, 0.29) is 10.6 Å². The summed E-state index contributed by atoms with van der Waals surface area (Å²) in [6.07, 6.45) is 2.79. The van der Waals surface area contributed by atoms with Gasteiger partial charge in [-0.15, -0.1) is 4.79 Å². The van der Waals surface area contributed by atoms with E-state index in [1.54, 1.807) is 39.8 Å². The van der Waals surface area contributed by atoms with Gasteiger partial charge in [0.15, 0.2) is 0 Å². The average molecular weight is 366 g/mol. The van der Waals surface area contributed by atoms with E-state index in [2.05, 4.69) is 11.7 Å². The van der Waals surface area contributed by atoms with Crippen LogP contribution in [0.1, 0.15) is 52.5 Å². The summed E-state index contributed by atoms with van der Waals surface area (Å²) in [6, 6.07) is 4.71. The van der Waals surface area contributed by atoms with Crippen molar-refractivity contribution in [2.75, 3.05) is 6.61 Å². The fourth-order valence-electron chi connectivity index (χ4n) is 2.12. The Kier molecular flexibility index (Phi) is 7.08. The van der Waals surface area contributed by atoms with Crippen molar-refractivity contribution in [3.63, 3.8) is 0 Å². The highest BCUT2D eigenvalue weighted by atomic mass is 32.2. The summed E-state index contributed by atoms with van der Waals surface area (Å²) in [4.78, 5) is 15.0. The Labute approximate surface area is 149 Å². The number of unbranched alkanes of at least 4 members (excludes halogenated alkanes) is 2. The molecular weight excluding hydrogens is 340 g/mol. The molecule has 0 N–H and O–H groups in total. The van der Waals surface area contributed by atoms with Gasteiger partial charge in [0, 0.05) is 5.41 Å². The molecule has 0 fully saturated rings. The van der Waals surface area contributed by atoms with Crippen LogP contribution < -0.4 is 4.74 Å². The molecule has 0 saturated heterocycles. The maximum absolute atomic E-state index is 12.9. The molecule has 0 heterocycles. The highest BCUT2D eigenvalue weighted by molar-refractivity contribution is 8.08. The second-order valence-corrected chi connectivity index (χ2v) is 8.83. The molecule has 0 bridgehead atoms. The van der Waals surface area contributed by atoms with Crippen molar-refractivity contribution in [1.82, 2.24) is 0 Å². The maximum atomic E-state index is 12.9. The minimum atomic E-state index is -4.30. The van der Waals surface area contributed by atoms with E-state index in [1.807, 2.05) is 0 Å². The van der Waals surface area contributed by atoms with E-state index >= 15 is 0 Å². The van der Waals surface area contributed by atoms with Crippen molar-refractivity contribution < 1.29 is 22.7 Å². The second-order valence-electron chi connectivity index (χ2n) is 6.99. The molecule has 1 aromatic carbocycles. The third-order valence-corrected chi connectivity index (χ3v) is 5.29. The van der Waals surface area contributed by atoms with Crippen LogP contribution in [0.15, 0.2) is 23.1 Å². The number of hydrogen-bond acceptors (Lipinski definition) is 4. The minimum absolute atomic E-state index is 0.157. The molecule has 1 rings (SSSR count). The van der Waals surface area contributed by atoms with Gasteiger partial charge in [-0.05, 0) is 31.0 Å². The molecule has 0 aliphatic carbocycles. The summed E-state index contributed by atoms with van der Waals surface area (Å²) in [6.45, 7) is 8.86. The molecule has 25 heavy (non-hydrogen) atoms. The smallest absolute Gasteiger partial charge is 0.452 e. The number of hydrogen-bond donors (Lipinski definition) is 0. The molecule has 0 amide bonds. The zero-order chi connectivity index (χ0) is 19.3. The fourth-order valence-corrected chi connectivity index (χ4v) is 3.72. The number of nitrogens with zero attached hydrogens (tertiary/aromatic N) is 2. The normalized spacial score (nSPS) is 11.7. The number of benzene rings is 1. The monoisotopic (exact) mass is 366 g/mol. The lowest BCUT2D eigenvalue weighted by Crippen LogP contribution is -2.35. The standard InChI is InChI=1S/C18H26N2O4S/c1-6-7-8-11-24-14-10-9-13(2)12-15(14)25(22,23)17(20-19)16(21)18(3,4)5/h9-10,12H,6-8,11H2,1-5H3. The Bertz CT molecular complexity index is 786. The molecule has 0 radical (unpaired) electrons. The van der Waals surface area contributed by atoms with Gasteiger partial charge in [0.05, 0.1) is 6.61 Å². The highest BCUT2D eigenvalue weighted by Crippen LogP contribution is 2.29. The predicted octanol–water partition coefficient (Wildman–Crippen LogP) is 3.58. The largest absolute Gasteiger partial charge is 0.492 e. The average Bonchev–Trinajstić information content (AvgIpc) is 2.52. The first kappa shape index (κ1) is 21.1. The molecule has 7 heteroatoms. The third kappa shape index (κ3) is 5.25. The van der Waals surface area contributed by atoms with Gasteiger partial charge in [-0.2, -0.15) is 0 Å². The van der Waals surface area contributed by atoms with E-state index in [0.717, 1.165) is 19.3 Å². The van der Waals surface area contributed by atoms with Crippen LogP contribution in [-0.4, -0.2) is 30.6 Å². The van der Waals surface area contributed by atoms with Crippen LogP contribution in [0.3, 0.4) is 0 Å². The van der Waals surface area contributed by atoms with E-state index in [0.29, 0.717) is 12.2 Å². The van der Waals surface area contributed by atoms with Gasteiger partial charge in [0.25, 0.3) is 15.6 Å². The molecular formula is C18H26N2O4S. The Morgan fingerprint density at radius 2 is 1.88 bits per heavy atom. The summed E-state index contributed by atoms with van der Waals surface area (Å²) in [5.41, 5.74) is 8.91. The molecule has 0 aliphatic heterocycles. The van der Waals surface area contributed by atoms with Crippen LogP contribution in [0.2, 0.25) is 0 Å². The molecule has 0 aromatic heterocycles. The van der Waals surface area contributed by atoms with Crippen molar-refractivity contribution in [2.24, 2.45) is 5.41 Å². The van der Waals surface area contributed by atoms with Crippen molar-refractivity contribution in [1.29, 1.82) is 0 Å². The summed E-state index contributed by atoms with van der Waals surface area (Å²) in [5.74, 6) is -0.599. The van der Waals surface area contributed by atoms with Crippen molar-refractivity contribution in [2.45, 2.75) is 58.8 Å². The first-order chi connectivity index (χ1) is 11.6. The number of ether oxygens (including phenoxy) is 1. The molecule has 1 aromatic rings. The van der Waals surface area contributed by atoms with Gasteiger partial charge in [-0.25, -0.2) is 8.42 Å². The van der Waals surface area contributed by atoms with Gasteiger partial charge in [-0.1, -0.05) is 46.6 Å². The molecule has 0 unspecified atom stereocenters. The number of carbonyl (C=O) groups excluding carboxylic acids is 1. The van der Waals surface area contributed by atoms with Gasteiger partial charge in [0.2, 0.25) is 0 Å². The number of ketones is 1. The number of carbonyl (C=O) groups is 1. The summed E-state index contributed by atoms with van der Waals surface area (Å²) in [7, 11) is -4.30. The van der Waals surface area contributed by atoms with Gasteiger partial charge >= 0.3 is 5.04 Å². The number of aryl methyl sites for hydroxylation is 1. The molecule has 0 spiro atoms. The molecule has 138 valence electrons. The van der Waals surface area contributed by atoms with Crippen LogP contribution in [0.5, 0.6) is 5.75 Å². The second kappa shape index (κ2) is 8.41. The van der Waals surface area contributed by atoms with Crippen molar-refractivity contribution in [3.05, 3.63) is 29.3 Å². The molecule has 0 aliphatic rings. The van der Waals surface area contributed by atoms with Crippen LogP contribution in [0, 0.1) is 12.3 Å². The third-order valence-electron chi connectivity index (χ3n) is 3.61. The predicted molar refractivity (Wildman–Crippen MR) is 96.5 cm³/mol. The van der Waals surface area contributed by atoms with E-state index in [1.165, 1.54) is 6.07 Å². The summed E-state index contributed by atoms with van der Waals surface area (Å²) < 4.78 is 31.5. The molecule has 0 atom stereocenters.